The minimum absolute atomic E-state index is 0.397. The molecular formula is C12H13N3OS. The van der Waals surface area contributed by atoms with Crippen LogP contribution in [0.1, 0.15) is 20.1 Å². The molecule has 2 heterocycles. The molecule has 0 bridgehead atoms. The first-order valence-electron chi connectivity index (χ1n) is 5.09. The molecule has 2 aromatic rings. The largest absolute Gasteiger partial charge is 0.365 e. The van der Waals surface area contributed by atoms with Crippen molar-refractivity contribution in [1.29, 1.82) is 0 Å². The molecule has 0 atom stereocenters. The Kier molecular flexibility index (Phi) is 2.85. The summed E-state index contributed by atoms with van der Waals surface area (Å²) in [5, 5.41) is 4.19. The Hall–Kier alpha value is -1.88. The number of carbonyl (C=O) groups is 1. The highest BCUT2D eigenvalue weighted by Gasteiger charge is 2.16. The SMILES string of the molecule is C=Cc1cnn(C)c1-c1cc(C(N)=O)sc1C. The summed E-state index contributed by atoms with van der Waals surface area (Å²) in [6.45, 7) is 5.73. The van der Waals surface area contributed by atoms with Crippen LogP contribution in [-0.2, 0) is 7.05 Å². The van der Waals surface area contributed by atoms with Crippen LogP contribution in [0.5, 0.6) is 0 Å². The Morgan fingerprint density at radius 1 is 1.65 bits per heavy atom. The van der Waals surface area contributed by atoms with E-state index >= 15 is 0 Å². The van der Waals surface area contributed by atoms with Gasteiger partial charge in [-0.15, -0.1) is 11.3 Å². The van der Waals surface area contributed by atoms with Gasteiger partial charge in [-0.05, 0) is 13.0 Å². The van der Waals surface area contributed by atoms with Crippen molar-refractivity contribution in [2.24, 2.45) is 12.8 Å². The topological polar surface area (TPSA) is 60.9 Å². The van der Waals surface area contributed by atoms with E-state index in [1.165, 1.54) is 11.3 Å². The zero-order valence-corrected chi connectivity index (χ0v) is 10.5. The van der Waals surface area contributed by atoms with Crippen molar-refractivity contribution < 1.29 is 4.79 Å². The van der Waals surface area contributed by atoms with E-state index in [2.05, 4.69) is 11.7 Å². The Bertz CT molecular complexity index is 595. The van der Waals surface area contributed by atoms with Gasteiger partial charge in [0.05, 0.1) is 16.8 Å². The van der Waals surface area contributed by atoms with Crippen LogP contribution in [-0.4, -0.2) is 15.7 Å². The van der Waals surface area contributed by atoms with E-state index in [9.17, 15) is 4.79 Å². The fraction of sp³-hybridized carbons (Fsp3) is 0.167. The van der Waals surface area contributed by atoms with Gasteiger partial charge in [-0.3, -0.25) is 9.48 Å². The highest BCUT2D eigenvalue weighted by Crippen LogP contribution is 2.32. The zero-order chi connectivity index (χ0) is 12.6. The highest BCUT2D eigenvalue weighted by atomic mass is 32.1. The lowest BCUT2D eigenvalue weighted by Gasteiger charge is -2.02. The molecule has 0 aliphatic rings. The van der Waals surface area contributed by atoms with Gasteiger partial charge in [0, 0.05) is 23.1 Å². The molecule has 88 valence electrons. The number of thiophene rings is 1. The zero-order valence-electron chi connectivity index (χ0n) is 9.73. The number of nitrogens with zero attached hydrogens (tertiary/aromatic N) is 2. The molecule has 2 N–H and O–H groups in total. The molecule has 0 saturated carbocycles. The van der Waals surface area contributed by atoms with Gasteiger partial charge in [-0.2, -0.15) is 5.10 Å². The quantitative estimate of drug-likeness (QED) is 0.903. The first-order chi connectivity index (χ1) is 8.04. The fourth-order valence-corrected chi connectivity index (χ4v) is 2.65. The maximum atomic E-state index is 11.2. The Morgan fingerprint density at radius 2 is 2.35 bits per heavy atom. The third kappa shape index (κ3) is 1.89. The second-order valence-electron chi connectivity index (χ2n) is 3.72. The van der Waals surface area contributed by atoms with Crippen LogP contribution >= 0.6 is 11.3 Å². The van der Waals surface area contributed by atoms with Crippen molar-refractivity contribution >= 4 is 23.3 Å². The van der Waals surface area contributed by atoms with E-state index < -0.39 is 5.91 Å². The Labute approximate surface area is 103 Å². The van der Waals surface area contributed by atoms with E-state index in [1.54, 1.807) is 17.0 Å². The normalized spacial score (nSPS) is 10.5. The van der Waals surface area contributed by atoms with Crippen LogP contribution in [0.25, 0.3) is 17.3 Å². The van der Waals surface area contributed by atoms with Crippen LogP contribution in [0.4, 0.5) is 0 Å². The highest BCUT2D eigenvalue weighted by molar-refractivity contribution is 7.14. The second-order valence-corrected chi connectivity index (χ2v) is 4.98. The lowest BCUT2D eigenvalue weighted by molar-refractivity contribution is 0.100. The van der Waals surface area contributed by atoms with Gasteiger partial charge in [-0.25, -0.2) is 0 Å². The predicted octanol–water partition coefficient (Wildman–Crippen LogP) is 2.20. The number of aromatic nitrogens is 2. The van der Waals surface area contributed by atoms with Gasteiger partial charge in [0.1, 0.15) is 0 Å². The van der Waals surface area contributed by atoms with Crippen LogP contribution < -0.4 is 5.73 Å². The van der Waals surface area contributed by atoms with Crippen molar-refractivity contribution in [3.63, 3.8) is 0 Å². The first-order valence-corrected chi connectivity index (χ1v) is 5.91. The molecular weight excluding hydrogens is 234 g/mol. The van der Waals surface area contributed by atoms with E-state index in [0.29, 0.717) is 4.88 Å². The maximum absolute atomic E-state index is 11.2. The maximum Gasteiger partial charge on any atom is 0.258 e. The lowest BCUT2D eigenvalue weighted by Crippen LogP contribution is -2.08. The Morgan fingerprint density at radius 3 is 2.88 bits per heavy atom. The number of carbonyl (C=O) groups excluding carboxylic acids is 1. The molecule has 0 saturated heterocycles. The molecule has 0 aliphatic carbocycles. The predicted molar refractivity (Wildman–Crippen MR) is 69.9 cm³/mol. The van der Waals surface area contributed by atoms with Gasteiger partial charge in [-0.1, -0.05) is 12.7 Å². The number of primary amides is 1. The second kappa shape index (κ2) is 4.18. The van der Waals surface area contributed by atoms with E-state index in [4.69, 9.17) is 5.73 Å². The average molecular weight is 247 g/mol. The number of nitrogens with two attached hydrogens (primary N) is 1. The van der Waals surface area contributed by atoms with E-state index in [-0.39, 0.29) is 0 Å². The van der Waals surface area contributed by atoms with Gasteiger partial charge in [0.15, 0.2) is 0 Å². The average Bonchev–Trinajstić information content (AvgIpc) is 2.81. The minimum Gasteiger partial charge on any atom is -0.365 e. The summed E-state index contributed by atoms with van der Waals surface area (Å²) < 4.78 is 1.77. The van der Waals surface area contributed by atoms with Gasteiger partial charge in [0.25, 0.3) is 5.91 Å². The number of amides is 1. The van der Waals surface area contributed by atoms with Crippen LogP contribution in [0, 0.1) is 6.92 Å². The molecule has 1 amide bonds. The van der Waals surface area contributed by atoms with Crippen LogP contribution in [0.15, 0.2) is 18.8 Å². The lowest BCUT2D eigenvalue weighted by atomic mass is 10.1. The smallest absolute Gasteiger partial charge is 0.258 e. The van der Waals surface area contributed by atoms with Gasteiger partial charge < -0.3 is 5.73 Å². The molecule has 0 aliphatic heterocycles. The molecule has 0 unspecified atom stereocenters. The summed E-state index contributed by atoms with van der Waals surface area (Å²) in [5.74, 6) is -0.397. The summed E-state index contributed by atoms with van der Waals surface area (Å²) in [6, 6.07) is 1.81. The number of hydrogen-bond acceptors (Lipinski definition) is 3. The number of rotatable bonds is 3. The Balaban J connectivity index is 2.63. The van der Waals surface area contributed by atoms with Crippen molar-refractivity contribution in [2.45, 2.75) is 6.92 Å². The summed E-state index contributed by atoms with van der Waals surface area (Å²) in [7, 11) is 1.86. The molecule has 0 fully saturated rings. The standard InChI is InChI=1S/C12H13N3OS/c1-4-8-6-14-15(3)11(8)9-5-10(12(13)16)17-7(9)2/h4-6H,1H2,2-3H3,(H2,13,16). The summed E-state index contributed by atoms with van der Waals surface area (Å²) in [5.41, 5.74) is 8.18. The molecule has 4 nitrogen and oxygen atoms in total. The number of hydrogen-bond donors (Lipinski definition) is 1. The van der Waals surface area contributed by atoms with Crippen molar-refractivity contribution in [3.8, 4) is 11.3 Å². The molecule has 0 aromatic carbocycles. The van der Waals surface area contributed by atoms with Crippen LogP contribution in [0.3, 0.4) is 0 Å². The number of aryl methyl sites for hydroxylation is 2. The minimum atomic E-state index is -0.397. The fourth-order valence-electron chi connectivity index (χ4n) is 1.77. The monoisotopic (exact) mass is 247 g/mol. The van der Waals surface area contributed by atoms with Crippen molar-refractivity contribution in [3.05, 3.63) is 34.2 Å². The molecule has 2 rings (SSSR count). The third-order valence-corrected chi connectivity index (χ3v) is 3.67. The van der Waals surface area contributed by atoms with Crippen molar-refractivity contribution in [2.75, 3.05) is 0 Å². The molecule has 0 spiro atoms. The van der Waals surface area contributed by atoms with E-state index in [0.717, 1.165) is 21.7 Å². The third-order valence-electron chi connectivity index (χ3n) is 2.60. The van der Waals surface area contributed by atoms with Crippen molar-refractivity contribution in [1.82, 2.24) is 9.78 Å². The summed E-state index contributed by atoms with van der Waals surface area (Å²) in [6.07, 6.45) is 3.51. The first kappa shape index (κ1) is 11.6. The summed E-state index contributed by atoms with van der Waals surface area (Å²) in [4.78, 5) is 12.8. The molecule has 0 radical (unpaired) electrons. The summed E-state index contributed by atoms with van der Waals surface area (Å²) >= 11 is 1.40. The van der Waals surface area contributed by atoms with Gasteiger partial charge >= 0.3 is 0 Å². The van der Waals surface area contributed by atoms with Gasteiger partial charge in [0.2, 0.25) is 0 Å². The van der Waals surface area contributed by atoms with Crippen LogP contribution in [0.2, 0.25) is 0 Å². The molecule has 17 heavy (non-hydrogen) atoms. The molecule has 5 heteroatoms. The molecule has 2 aromatic heterocycles. The van der Waals surface area contributed by atoms with E-state index in [1.807, 2.05) is 20.0 Å².